The molecule has 0 aliphatic carbocycles. The molecule has 0 spiro atoms. The van der Waals surface area contributed by atoms with Crippen molar-refractivity contribution in [2.24, 2.45) is 5.73 Å². The summed E-state index contributed by atoms with van der Waals surface area (Å²) in [6.07, 6.45) is 1.40. The van der Waals surface area contributed by atoms with Crippen molar-refractivity contribution in [3.8, 4) is 5.75 Å². The van der Waals surface area contributed by atoms with Crippen LogP contribution < -0.4 is 10.5 Å². The van der Waals surface area contributed by atoms with Gasteiger partial charge in [-0.2, -0.15) is 0 Å². The van der Waals surface area contributed by atoms with Gasteiger partial charge in [0.1, 0.15) is 18.2 Å². The normalized spacial score (nSPS) is 11.1. The van der Waals surface area contributed by atoms with Crippen LogP contribution in [0.4, 0.5) is 4.39 Å². The third-order valence-electron chi connectivity index (χ3n) is 2.99. The van der Waals surface area contributed by atoms with E-state index in [1.165, 1.54) is 18.2 Å². The molecule has 0 amide bonds. The van der Waals surface area contributed by atoms with Crippen molar-refractivity contribution in [3.05, 3.63) is 71.6 Å². The summed E-state index contributed by atoms with van der Waals surface area (Å²) in [7, 11) is 1.55. The van der Waals surface area contributed by atoms with Crippen LogP contribution in [0.5, 0.6) is 5.75 Å². The molecule has 0 saturated heterocycles. The molecule has 0 aliphatic heterocycles. The molecule has 0 radical (unpaired) electrons. The SMILES string of the molecule is COc1ccccc1/C(N)=C/C(=N)OCc1cccc(F)c1. The predicted octanol–water partition coefficient (Wildman–Crippen LogP) is 3.33. The van der Waals surface area contributed by atoms with E-state index in [-0.39, 0.29) is 18.3 Å². The van der Waals surface area contributed by atoms with Crippen LogP contribution in [0.2, 0.25) is 0 Å². The van der Waals surface area contributed by atoms with Crippen molar-refractivity contribution >= 4 is 11.6 Å². The van der Waals surface area contributed by atoms with Crippen molar-refractivity contribution < 1.29 is 13.9 Å². The van der Waals surface area contributed by atoms with Crippen LogP contribution in [0.3, 0.4) is 0 Å². The Morgan fingerprint density at radius 1 is 1.23 bits per heavy atom. The molecular formula is C17H17FN2O2. The zero-order chi connectivity index (χ0) is 15.9. The molecule has 22 heavy (non-hydrogen) atoms. The second-order valence-electron chi connectivity index (χ2n) is 4.58. The van der Waals surface area contributed by atoms with Crippen LogP contribution in [0.25, 0.3) is 5.70 Å². The number of nitrogens with two attached hydrogens (primary N) is 1. The molecule has 5 heteroatoms. The number of rotatable bonds is 5. The number of para-hydroxylation sites is 1. The summed E-state index contributed by atoms with van der Waals surface area (Å²) < 4.78 is 23.5. The van der Waals surface area contributed by atoms with Crippen LogP contribution in [0.15, 0.2) is 54.6 Å². The summed E-state index contributed by atoms with van der Waals surface area (Å²) in [5.41, 5.74) is 7.66. The summed E-state index contributed by atoms with van der Waals surface area (Å²) in [6.45, 7) is 0.103. The predicted molar refractivity (Wildman–Crippen MR) is 84.1 cm³/mol. The second kappa shape index (κ2) is 7.26. The number of benzene rings is 2. The number of hydrogen-bond acceptors (Lipinski definition) is 4. The summed E-state index contributed by atoms with van der Waals surface area (Å²) in [6, 6.07) is 13.3. The maximum Gasteiger partial charge on any atom is 0.208 e. The first kappa shape index (κ1) is 15.6. The molecular weight excluding hydrogens is 283 g/mol. The van der Waals surface area contributed by atoms with E-state index in [0.29, 0.717) is 22.6 Å². The zero-order valence-electron chi connectivity index (χ0n) is 12.2. The van der Waals surface area contributed by atoms with Crippen molar-refractivity contribution in [2.75, 3.05) is 7.11 Å². The second-order valence-corrected chi connectivity index (χ2v) is 4.58. The highest BCUT2D eigenvalue weighted by molar-refractivity contribution is 5.93. The number of ether oxygens (including phenoxy) is 2. The summed E-state index contributed by atoms with van der Waals surface area (Å²) in [4.78, 5) is 0. The molecule has 0 unspecified atom stereocenters. The molecule has 0 saturated carbocycles. The monoisotopic (exact) mass is 300 g/mol. The highest BCUT2D eigenvalue weighted by atomic mass is 19.1. The van der Waals surface area contributed by atoms with Crippen molar-refractivity contribution in [1.82, 2.24) is 0 Å². The Balaban J connectivity index is 2.03. The highest BCUT2D eigenvalue weighted by Crippen LogP contribution is 2.22. The number of nitrogens with one attached hydrogen (secondary N) is 1. The maximum absolute atomic E-state index is 13.1. The quantitative estimate of drug-likeness (QED) is 0.657. The Kier molecular flexibility index (Phi) is 5.14. The van der Waals surface area contributed by atoms with Gasteiger partial charge in [-0.15, -0.1) is 0 Å². The summed E-state index contributed by atoms with van der Waals surface area (Å²) in [5, 5.41) is 7.79. The van der Waals surface area contributed by atoms with Crippen molar-refractivity contribution in [1.29, 1.82) is 5.41 Å². The van der Waals surface area contributed by atoms with Crippen LogP contribution >= 0.6 is 0 Å². The Morgan fingerprint density at radius 2 is 2.00 bits per heavy atom. The topological polar surface area (TPSA) is 68.3 Å². The Morgan fingerprint density at radius 3 is 2.73 bits per heavy atom. The van der Waals surface area contributed by atoms with Gasteiger partial charge >= 0.3 is 0 Å². The smallest absolute Gasteiger partial charge is 0.208 e. The molecule has 3 N–H and O–H groups in total. The minimum atomic E-state index is -0.336. The first-order valence-corrected chi connectivity index (χ1v) is 6.66. The zero-order valence-corrected chi connectivity index (χ0v) is 12.2. The Labute approximate surface area is 128 Å². The Bertz CT molecular complexity index is 699. The lowest BCUT2D eigenvalue weighted by atomic mass is 10.1. The largest absolute Gasteiger partial charge is 0.496 e. The molecule has 0 fully saturated rings. The highest BCUT2D eigenvalue weighted by Gasteiger charge is 2.06. The molecule has 0 aliphatic rings. The number of hydrogen-bond donors (Lipinski definition) is 2. The fraction of sp³-hybridized carbons (Fsp3) is 0.118. The van der Waals surface area contributed by atoms with Gasteiger partial charge in [-0.25, -0.2) is 4.39 Å². The summed E-state index contributed by atoms with van der Waals surface area (Å²) >= 11 is 0. The molecule has 0 atom stereocenters. The fourth-order valence-electron chi connectivity index (χ4n) is 1.93. The van der Waals surface area contributed by atoms with Crippen molar-refractivity contribution in [2.45, 2.75) is 6.61 Å². The lowest BCUT2D eigenvalue weighted by Crippen LogP contribution is -2.06. The minimum absolute atomic E-state index is 0.103. The molecule has 2 rings (SSSR count). The first-order chi connectivity index (χ1) is 10.6. The van der Waals surface area contributed by atoms with Crippen molar-refractivity contribution in [3.63, 3.8) is 0 Å². The first-order valence-electron chi connectivity index (χ1n) is 6.66. The third-order valence-corrected chi connectivity index (χ3v) is 2.99. The van der Waals surface area contributed by atoms with Gasteiger partial charge in [0.05, 0.1) is 7.11 Å². The number of methoxy groups -OCH3 is 1. The molecule has 4 nitrogen and oxygen atoms in total. The van der Waals surface area contributed by atoms with Gasteiger partial charge in [0, 0.05) is 17.3 Å². The summed E-state index contributed by atoms with van der Waals surface area (Å²) in [5.74, 6) is 0.179. The van der Waals surface area contributed by atoms with Gasteiger partial charge in [-0.05, 0) is 29.8 Å². The van der Waals surface area contributed by atoms with Gasteiger partial charge in [0.2, 0.25) is 5.90 Å². The van der Waals surface area contributed by atoms with Crippen LogP contribution in [0.1, 0.15) is 11.1 Å². The van der Waals surface area contributed by atoms with Crippen LogP contribution in [-0.2, 0) is 11.3 Å². The van der Waals surface area contributed by atoms with Crippen LogP contribution in [-0.4, -0.2) is 13.0 Å². The third kappa shape index (κ3) is 4.09. The number of halogens is 1. The Hall–Kier alpha value is -2.82. The van der Waals surface area contributed by atoms with E-state index in [1.807, 2.05) is 12.1 Å². The average Bonchev–Trinajstić information content (AvgIpc) is 2.53. The average molecular weight is 300 g/mol. The van der Waals surface area contributed by atoms with E-state index < -0.39 is 0 Å². The van der Waals surface area contributed by atoms with E-state index in [4.69, 9.17) is 20.6 Å². The van der Waals surface area contributed by atoms with Gasteiger partial charge < -0.3 is 15.2 Å². The van der Waals surface area contributed by atoms with E-state index in [1.54, 1.807) is 31.4 Å². The van der Waals surface area contributed by atoms with Gasteiger partial charge in [-0.3, -0.25) is 5.41 Å². The lowest BCUT2D eigenvalue weighted by molar-refractivity contribution is 0.292. The fourth-order valence-corrected chi connectivity index (χ4v) is 1.93. The van der Waals surface area contributed by atoms with Gasteiger partial charge in [-0.1, -0.05) is 24.3 Å². The van der Waals surface area contributed by atoms with E-state index in [0.717, 1.165) is 0 Å². The molecule has 0 bridgehead atoms. The molecule has 2 aromatic carbocycles. The maximum atomic E-state index is 13.1. The standard InChI is InChI=1S/C17H17FN2O2/c1-21-16-8-3-2-7-14(16)15(19)10-17(20)22-11-12-5-4-6-13(18)9-12/h2-10,20H,11,19H2,1H3/b15-10-,20-17?. The van der Waals surface area contributed by atoms with E-state index in [9.17, 15) is 4.39 Å². The molecule has 0 heterocycles. The lowest BCUT2D eigenvalue weighted by Gasteiger charge is -2.09. The van der Waals surface area contributed by atoms with E-state index in [2.05, 4.69) is 0 Å². The van der Waals surface area contributed by atoms with Crippen LogP contribution in [0, 0.1) is 11.2 Å². The van der Waals surface area contributed by atoms with E-state index >= 15 is 0 Å². The molecule has 2 aromatic rings. The molecule has 114 valence electrons. The van der Waals surface area contributed by atoms with Gasteiger partial charge in [0.15, 0.2) is 0 Å². The minimum Gasteiger partial charge on any atom is -0.496 e. The van der Waals surface area contributed by atoms with Gasteiger partial charge in [0.25, 0.3) is 0 Å². The molecule has 0 aromatic heterocycles.